The number of carbonyl (C=O) groups excluding carboxylic acids is 1. The van der Waals surface area contributed by atoms with Crippen LogP contribution in [0.15, 0.2) is 30.3 Å². The minimum Gasteiger partial charge on any atom is -0.396 e. The number of carbonyl (C=O) groups is 1. The Balaban J connectivity index is 2.25. The van der Waals surface area contributed by atoms with Gasteiger partial charge in [0.15, 0.2) is 0 Å². The molecule has 0 aromatic heterocycles. The third kappa shape index (κ3) is 7.54. The van der Waals surface area contributed by atoms with E-state index in [1.807, 2.05) is 44.2 Å². The summed E-state index contributed by atoms with van der Waals surface area (Å²) in [4.78, 5) is 11.9. The van der Waals surface area contributed by atoms with Crippen molar-refractivity contribution in [1.29, 1.82) is 0 Å². The third-order valence-electron chi connectivity index (χ3n) is 3.43. The second kappa shape index (κ2) is 10.3. The number of ether oxygens (including phenoxy) is 1. The van der Waals surface area contributed by atoms with Gasteiger partial charge in [0.1, 0.15) is 0 Å². The molecular formula is C17H27NO4. The molecule has 1 aromatic carbocycles. The zero-order valence-corrected chi connectivity index (χ0v) is 13.4. The van der Waals surface area contributed by atoms with Gasteiger partial charge in [0.05, 0.1) is 25.7 Å². The van der Waals surface area contributed by atoms with Crippen LogP contribution >= 0.6 is 0 Å². The normalized spacial score (nSPS) is 13.9. The lowest BCUT2D eigenvalue weighted by Gasteiger charge is -2.22. The highest BCUT2D eigenvalue weighted by atomic mass is 16.5. The largest absolute Gasteiger partial charge is 0.396 e. The number of amides is 1. The average Bonchev–Trinajstić information content (AvgIpc) is 2.47. The number of hydrogen-bond acceptors (Lipinski definition) is 4. The second-order valence-electron chi connectivity index (χ2n) is 5.79. The summed E-state index contributed by atoms with van der Waals surface area (Å²) < 4.78 is 5.41. The number of benzene rings is 1. The summed E-state index contributed by atoms with van der Waals surface area (Å²) in [7, 11) is 0. The summed E-state index contributed by atoms with van der Waals surface area (Å²) >= 11 is 0. The number of aliphatic hydroxyl groups excluding tert-OH is 2. The zero-order valence-electron chi connectivity index (χ0n) is 13.4. The summed E-state index contributed by atoms with van der Waals surface area (Å²) in [5.41, 5.74) is 1.03. The molecule has 2 unspecified atom stereocenters. The first kappa shape index (κ1) is 18.6. The first-order chi connectivity index (χ1) is 10.5. The Morgan fingerprint density at radius 3 is 2.55 bits per heavy atom. The molecule has 0 saturated carbocycles. The van der Waals surface area contributed by atoms with Gasteiger partial charge in [0, 0.05) is 12.6 Å². The van der Waals surface area contributed by atoms with Gasteiger partial charge in [-0.3, -0.25) is 4.79 Å². The van der Waals surface area contributed by atoms with Crippen LogP contribution in [0.3, 0.4) is 0 Å². The highest BCUT2D eigenvalue weighted by Crippen LogP contribution is 2.07. The molecule has 0 saturated heterocycles. The molecule has 0 aliphatic carbocycles. The standard InChI is InChI=1S/C17H27NO4/c1-13(2)16(8-9-19)18-17(21)10-15(20)12-22-11-14-6-4-3-5-7-14/h3-7,13,15-16,19-20H,8-12H2,1-2H3,(H,18,21). The molecule has 22 heavy (non-hydrogen) atoms. The summed E-state index contributed by atoms with van der Waals surface area (Å²) in [5.74, 6) is 0.0190. The molecule has 124 valence electrons. The second-order valence-corrected chi connectivity index (χ2v) is 5.79. The van der Waals surface area contributed by atoms with Crippen LogP contribution in [-0.2, 0) is 16.1 Å². The van der Waals surface area contributed by atoms with Crippen LogP contribution in [0, 0.1) is 5.92 Å². The van der Waals surface area contributed by atoms with Crippen molar-refractivity contribution in [3.63, 3.8) is 0 Å². The molecule has 0 radical (unpaired) electrons. The van der Waals surface area contributed by atoms with Gasteiger partial charge in [-0.1, -0.05) is 44.2 Å². The number of aliphatic hydroxyl groups is 2. The van der Waals surface area contributed by atoms with Crippen molar-refractivity contribution in [3.8, 4) is 0 Å². The molecule has 0 heterocycles. The van der Waals surface area contributed by atoms with E-state index < -0.39 is 6.10 Å². The number of rotatable bonds is 10. The van der Waals surface area contributed by atoms with Crippen molar-refractivity contribution in [2.24, 2.45) is 5.92 Å². The van der Waals surface area contributed by atoms with Crippen LogP contribution in [-0.4, -0.2) is 41.5 Å². The van der Waals surface area contributed by atoms with E-state index in [0.29, 0.717) is 13.0 Å². The van der Waals surface area contributed by atoms with Gasteiger partial charge in [0.2, 0.25) is 5.91 Å². The maximum absolute atomic E-state index is 11.9. The van der Waals surface area contributed by atoms with Crippen LogP contribution in [0.1, 0.15) is 32.3 Å². The molecule has 1 aromatic rings. The number of hydrogen-bond donors (Lipinski definition) is 3. The molecule has 5 heteroatoms. The van der Waals surface area contributed by atoms with E-state index >= 15 is 0 Å². The average molecular weight is 309 g/mol. The van der Waals surface area contributed by atoms with Crippen LogP contribution in [0.4, 0.5) is 0 Å². The minimum absolute atomic E-state index is 0.00341. The predicted octanol–water partition coefficient (Wildman–Crippen LogP) is 1.48. The predicted molar refractivity (Wildman–Crippen MR) is 85.2 cm³/mol. The molecule has 1 amide bonds. The maximum Gasteiger partial charge on any atom is 0.222 e. The zero-order chi connectivity index (χ0) is 16.4. The van der Waals surface area contributed by atoms with Gasteiger partial charge in [-0.25, -0.2) is 0 Å². The summed E-state index contributed by atoms with van der Waals surface area (Å²) in [6, 6.07) is 9.60. The Bertz CT molecular complexity index is 422. The first-order valence-electron chi connectivity index (χ1n) is 7.73. The molecule has 0 aliphatic rings. The van der Waals surface area contributed by atoms with E-state index in [1.165, 1.54) is 0 Å². The van der Waals surface area contributed by atoms with Gasteiger partial charge in [-0.15, -0.1) is 0 Å². The Kier molecular flexibility index (Phi) is 8.74. The van der Waals surface area contributed by atoms with E-state index in [2.05, 4.69) is 5.32 Å². The van der Waals surface area contributed by atoms with E-state index in [4.69, 9.17) is 9.84 Å². The Labute approximate surface area is 132 Å². The Hall–Kier alpha value is -1.43. The molecule has 0 aliphatic heterocycles. The smallest absolute Gasteiger partial charge is 0.222 e. The first-order valence-corrected chi connectivity index (χ1v) is 7.73. The van der Waals surface area contributed by atoms with E-state index in [-0.39, 0.29) is 37.5 Å². The fourth-order valence-electron chi connectivity index (χ4n) is 2.14. The van der Waals surface area contributed by atoms with Crippen molar-refractivity contribution >= 4 is 5.91 Å². The maximum atomic E-state index is 11.9. The van der Waals surface area contributed by atoms with Crippen molar-refractivity contribution < 1.29 is 19.7 Å². The van der Waals surface area contributed by atoms with E-state index in [0.717, 1.165) is 5.56 Å². The minimum atomic E-state index is -0.828. The lowest BCUT2D eigenvalue weighted by molar-refractivity contribution is -0.125. The topological polar surface area (TPSA) is 78.8 Å². The van der Waals surface area contributed by atoms with Gasteiger partial charge in [-0.2, -0.15) is 0 Å². The van der Waals surface area contributed by atoms with Gasteiger partial charge in [-0.05, 0) is 17.9 Å². The Morgan fingerprint density at radius 2 is 1.95 bits per heavy atom. The SMILES string of the molecule is CC(C)C(CCO)NC(=O)CC(O)COCc1ccccc1. The van der Waals surface area contributed by atoms with Crippen LogP contribution in [0.2, 0.25) is 0 Å². The van der Waals surface area contributed by atoms with Gasteiger partial charge < -0.3 is 20.3 Å². The van der Waals surface area contributed by atoms with Crippen LogP contribution < -0.4 is 5.32 Å². The molecule has 3 N–H and O–H groups in total. The molecule has 1 rings (SSSR count). The summed E-state index contributed by atoms with van der Waals surface area (Å²) in [5, 5.41) is 21.7. The van der Waals surface area contributed by atoms with Crippen molar-refractivity contribution in [2.75, 3.05) is 13.2 Å². The fraction of sp³-hybridized carbons (Fsp3) is 0.588. The quantitative estimate of drug-likeness (QED) is 0.612. The van der Waals surface area contributed by atoms with Crippen LogP contribution in [0.5, 0.6) is 0 Å². The molecular weight excluding hydrogens is 282 g/mol. The van der Waals surface area contributed by atoms with Crippen molar-refractivity contribution in [2.45, 2.75) is 45.4 Å². The fourth-order valence-corrected chi connectivity index (χ4v) is 2.14. The van der Waals surface area contributed by atoms with Gasteiger partial charge in [0.25, 0.3) is 0 Å². The molecule has 5 nitrogen and oxygen atoms in total. The highest BCUT2D eigenvalue weighted by molar-refractivity contribution is 5.76. The van der Waals surface area contributed by atoms with Crippen molar-refractivity contribution in [3.05, 3.63) is 35.9 Å². The lowest BCUT2D eigenvalue weighted by Crippen LogP contribution is -2.40. The molecule has 2 atom stereocenters. The highest BCUT2D eigenvalue weighted by Gasteiger charge is 2.18. The Morgan fingerprint density at radius 1 is 1.27 bits per heavy atom. The monoisotopic (exact) mass is 309 g/mol. The van der Waals surface area contributed by atoms with E-state index in [1.54, 1.807) is 0 Å². The molecule has 0 spiro atoms. The molecule has 0 fully saturated rings. The summed E-state index contributed by atoms with van der Waals surface area (Å²) in [6.07, 6.45) is -0.307. The number of nitrogens with one attached hydrogen (secondary N) is 1. The van der Waals surface area contributed by atoms with Gasteiger partial charge >= 0.3 is 0 Å². The van der Waals surface area contributed by atoms with Crippen LogP contribution in [0.25, 0.3) is 0 Å². The molecule has 0 bridgehead atoms. The third-order valence-corrected chi connectivity index (χ3v) is 3.43. The van der Waals surface area contributed by atoms with Crippen molar-refractivity contribution in [1.82, 2.24) is 5.32 Å². The summed E-state index contributed by atoms with van der Waals surface area (Å²) in [6.45, 7) is 4.54. The van der Waals surface area contributed by atoms with E-state index in [9.17, 15) is 9.90 Å². The lowest BCUT2D eigenvalue weighted by atomic mass is 10.0.